The van der Waals surface area contributed by atoms with Gasteiger partial charge in [-0.1, -0.05) is 23.7 Å². The molecule has 1 unspecified atom stereocenters. The van der Waals surface area contributed by atoms with Crippen LogP contribution in [0.2, 0.25) is 5.02 Å². The third-order valence-electron chi connectivity index (χ3n) is 2.88. The zero-order valence-electron chi connectivity index (χ0n) is 11.1. The molecule has 0 aliphatic carbocycles. The van der Waals surface area contributed by atoms with Crippen molar-refractivity contribution in [1.29, 1.82) is 0 Å². The van der Waals surface area contributed by atoms with Gasteiger partial charge in [0.2, 0.25) is 0 Å². The summed E-state index contributed by atoms with van der Waals surface area (Å²) in [5.74, 6) is -1.14. The number of methoxy groups -OCH3 is 1. The van der Waals surface area contributed by atoms with E-state index in [4.69, 9.17) is 16.3 Å². The lowest BCUT2D eigenvalue weighted by Crippen LogP contribution is -2.23. The standard InChI is InChI=1S/C15H12BrClFNO2/c1-21-15(20)14(10-8-9(17)6-7-12(10)18)19-13-5-3-2-4-11(13)16/h2-8,14,19H,1H3. The predicted molar refractivity (Wildman–Crippen MR) is 83.9 cm³/mol. The highest BCUT2D eigenvalue weighted by Gasteiger charge is 2.25. The molecule has 3 nitrogen and oxygen atoms in total. The van der Waals surface area contributed by atoms with Crippen molar-refractivity contribution in [3.63, 3.8) is 0 Å². The van der Waals surface area contributed by atoms with Gasteiger partial charge in [-0.05, 0) is 46.3 Å². The molecule has 110 valence electrons. The van der Waals surface area contributed by atoms with E-state index in [1.54, 1.807) is 12.1 Å². The van der Waals surface area contributed by atoms with Gasteiger partial charge in [-0.15, -0.1) is 0 Å². The van der Waals surface area contributed by atoms with Crippen LogP contribution in [0, 0.1) is 5.82 Å². The second-order valence-corrected chi connectivity index (χ2v) is 5.54. The summed E-state index contributed by atoms with van der Waals surface area (Å²) < 4.78 is 19.5. The summed E-state index contributed by atoms with van der Waals surface area (Å²) in [5, 5.41) is 3.30. The number of halogens is 3. The molecule has 21 heavy (non-hydrogen) atoms. The lowest BCUT2D eigenvalue weighted by molar-refractivity contribution is -0.141. The van der Waals surface area contributed by atoms with Crippen LogP contribution in [0.1, 0.15) is 11.6 Å². The van der Waals surface area contributed by atoms with Gasteiger partial charge in [0, 0.05) is 20.7 Å². The topological polar surface area (TPSA) is 38.3 Å². The van der Waals surface area contributed by atoms with Gasteiger partial charge in [0.15, 0.2) is 6.04 Å². The zero-order chi connectivity index (χ0) is 15.4. The van der Waals surface area contributed by atoms with E-state index in [9.17, 15) is 9.18 Å². The van der Waals surface area contributed by atoms with Crippen molar-refractivity contribution in [3.8, 4) is 0 Å². The maximum atomic E-state index is 14.0. The Morgan fingerprint density at radius 1 is 1.33 bits per heavy atom. The molecule has 2 aromatic carbocycles. The number of para-hydroxylation sites is 1. The second kappa shape index (κ2) is 6.91. The summed E-state index contributed by atoms with van der Waals surface area (Å²) in [5.41, 5.74) is 0.775. The highest BCUT2D eigenvalue weighted by atomic mass is 79.9. The number of hydrogen-bond acceptors (Lipinski definition) is 3. The Kier molecular flexibility index (Phi) is 5.20. The Balaban J connectivity index is 2.42. The molecule has 0 amide bonds. The summed E-state index contributed by atoms with van der Waals surface area (Å²) in [4.78, 5) is 12.0. The van der Waals surface area contributed by atoms with E-state index in [2.05, 4.69) is 21.2 Å². The first-order valence-electron chi connectivity index (χ1n) is 6.06. The van der Waals surface area contributed by atoms with Crippen molar-refractivity contribution in [3.05, 3.63) is 63.3 Å². The molecule has 0 bridgehead atoms. The SMILES string of the molecule is COC(=O)C(Nc1ccccc1Br)c1cc(Cl)ccc1F. The summed E-state index contributed by atoms with van der Waals surface area (Å²) >= 11 is 9.25. The maximum Gasteiger partial charge on any atom is 0.333 e. The van der Waals surface area contributed by atoms with Gasteiger partial charge in [-0.2, -0.15) is 0 Å². The zero-order valence-corrected chi connectivity index (χ0v) is 13.4. The number of rotatable bonds is 4. The molecule has 0 radical (unpaired) electrons. The predicted octanol–water partition coefficient (Wildman–Crippen LogP) is 4.57. The average Bonchev–Trinajstić information content (AvgIpc) is 2.48. The molecule has 0 aliphatic rings. The molecular weight excluding hydrogens is 361 g/mol. The van der Waals surface area contributed by atoms with E-state index in [0.29, 0.717) is 10.7 Å². The van der Waals surface area contributed by atoms with Gasteiger partial charge in [-0.25, -0.2) is 9.18 Å². The number of anilines is 1. The van der Waals surface area contributed by atoms with Gasteiger partial charge in [-0.3, -0.25) is 0 Å². The second-order valence-electron chi connectivity index (χ2n) is 4.25. The molecule has 0 aromatic heterocycles. The van der Waals surface area contributed by atoms with Crippen LogP contribution < -0.4 is 5.32 Å². The Hall–Kier alpha value is -1.59. The van der Waals surface area contributed by atoms with E-state index in [1.165, 1.54) is 25.3 Å². The lowest BCUT2D eigenvalue weighted by atomic mass is 10.1. The normalized spacial score (nSPS) is 11.8. The highest BCUT2D eigenvalue weighted by Crippen LogP contribution is 2.29. The largest absolute Gasteiger partial charge is 0.467 e. The molecule has 0 heterocycles. The number of ether oxygens (including phenoxy) is 1. The minimum atomic E-state index is -0.993. The average molecular weight is 373 g/mol. The van der Waals surface area contributed by atoms with Crippen molar-refractivity contribution in [2.24, 2.45) is 0 Å². The fourth-order valence-electron chi connectivity index (χ4n) is 1.85. The Morgan fingerprint density at radius 3 is 2.71 bits per heavy atom. The van der Waals surface area contributed by atoms with Crippen LogP contribution in [-0.2, 0) is 9.53 Å². The fourth-order valence-corrected chi connectivity index (χ4v) is 2.43. The summed E-state index contributed by atoms with van der Waals surface area (Å²) in [7, 11) is 1.25. The van der Waals surface area contributed by atoms with Crippen LogP contribution in [-0.4, -0.2) is 13.1 Å². The molecule has 0 spiro atoms. The number of hydrogen-bond donors (Lipinski definition) is 1. The molecule has 1 atom stereocenters. The van der Waals surface area contributed by atoms with Crippen molar-refractivity contribution in [2.45, 2.75) is 6.04 Å². The number of esters is 1. The third-order valence-corrected chi connectivity index (χ3v) is 3.81. The lowest BCUT2D eigenvalue weighted by Gasteiger charge is -2.19. The third kappa shape index (κ3) is 3.74. The monoisotopic (exact) mass is 371 g/mol. The van der Waals surface area contributed by atoms with Gasteiger partial charge < -0.3 is 10.1 Å². The van der Waals surface area contributed by atoms with Gasteiger partial charge in [0.25, 0.3) is 0 Å². The first kappa shape index (κ1) is 15.8. The van der Waals surface area contributed by atoms with Gasteiger partial charge >= 0.3 is 5.97 Å². The molecular formula is C15H12BrClFNO2. The molecule has 6 heteroatoms. The quantitative estimate of drug-likeness (QED) is 0.799. The Bertz CT molecular complexity index is 666. The van der Waals surface area contributed by atoms with Crippen LogP contribution in [0.3, 0.4) is 0 Å². The van der Waals surface area contributed by atoms with Crippen LogP contribution in [0.5, 0.6) is 0 Å². The highest BCUT2D eigenvalue weighted by molar-refractivity contribution is 9.10. The van der Waals surface area contributed by atoms with Gasteiger partial charge in [0.1, 0.15) is 5.82 Å². The molecule has 0 saturated carbocycles. The number of carbonyl (C=O) groups excluding carboxylic acids is 1. The maximum absolute atomic E-state index is 14.0. The van der Waals surface area contributed by atoms with Crippen molar-refractivity contribution in [1.82, 2.24) is 0 Å². The van der Waals surface area contributed by atoms with Crippen molar-refractivity contribution in [2.75, 3.05) is 12.4 Å². The van der Waals surface area contributed by atoms with E-state index >= 15 is 0 Å². The molecule has 2 rings (SSSR count). The smallest absolute Gasteiger partial charge is 0.333 e. The number of nitrogens with one attached hydrogen (secondary N) is 1. The van der Waals surface area contributed by atoms with Gasteiger partial charge in [0.05, 0.1) is 7.11 Å². The fraction of sp³-hybridized carbons (Fsp3) is 0.133. The number of carbonyl (C=O) groups is 1. The summed E-state index contributed by atoms with van der Waals surface area (Å²) in [6.07, 6.45) is 0. The van der Waals surface area contributed by atoms with Crippen LogP contribution in [0.25, 0.3) is 0 Å². The Morgan fingerprint density at radius 2 is 2.05 bits per heavy atom. The molecule has 0 aliphatic heterocycles. The van der Waals surface area contributed by atoms with Crippen LogP contribution in [0.4, 0.5) is 10.1 Å². The van der Waals surface area contributed by atoms with Crippen molar-refractivity contribution >= 4 is 39.2 Å². The minimum absolute atomic E-state index is 0.130. The molecule has 0 fully saturated rings. The molecule has 1 N–H and O–H groups in total. The summed E-state index contributed by atoms with van der Waals surface area (Å²) in [6, 6.07) is 10.3. The van der Waals surface area contributed by atoms with E-state index in [0.717, 1.165) is 4.47 Å². The molecule has 2 aromatic rings. The van der Waals surface area contributed by atoms with Crippen LogP contribution in [0.15, 0.2) is 46.9 Å². The van der Waals surface area contributed by atoms with Crippen LogP contribution >= 0.6 is 27.5 Å². The number of benzene rings is 2. The van der Waals surface area contributed by atoms with E-state index in [1.807, 2.05) is 12.1 Å². The molecule has 0 saturated heterocycles. The van der Waals surface area contributed by atoms with E-state index in [-0.39, 0.29) is 5.56 Å². The van der Waals surface area contributed by atoms with Crippen molar-refractivity contribution < 1.29 is 13.9 Å². The minimum Gasteiger partial charge on any atom is -0.467 e. The first-order chi connectivity index (χ1) is 10.0. The first-order valence-corrected chi connectivity index (χ1v) is 7.24. The summed E-state index contributed by atoms with van der Waals surface area (Å²) in [6.45, 7) is 0. The Labute approximate surface area is 135 Å². The van der Waals surface area contributed by atoms with E-state index < -0.39 is 17.8 Å².